The predicted molar refractivity (Wildman–Crippen MR) is 11.8 cm³/mol. The third kappa shape index (κ3) is 31.4. The van der Waals surface area contributed by atoms with Crippen molar-refractivity contribution in [3.05, 3.63) is 0 Å². The third-order valence-corrected chi connectivity index (χ3v) is 0. The van der Waals surface area contributed by atoms with Crippen LogP contribution in [0.3, 0.4) is 0 Å². The second-order valence-corrected chi connectivity index (χ2v) is 1.01. The van der Waals surface area contributed by atoms with E-state index in [0.717, 1.165) is 0 Å². The first-order valence-corrected chi connectivity index (χ1v) is 1.66. The summed E-state index contributed by atoms with van der Waals surface area (Å²) in [4.78, 5) is 0. The van der Waals surface area contributed by atoms with Crippen LogP contribution in [0.25, 0.3) is 0 Å². The summed E-state index contributed by atoms with van der Waals surface area (Å²) in [6, 6.07) is 0. The molecule has 0 aromatic rings. The predicted octanol–water partition coefficient (Wildman–Crippen LogP) is 0.377. The molecule has 4 heavy (non-hydrogen) atoms. The molecule has 1 radical (unpaired) electrons. The van der Waals surface area contributed by atoms with Crippen LogP contribution in [0.15, 0.2) is 0 Å². The van der Waals surface area contributed by atoms with Crippen molar-refractivity contribution in [2.45, 2.75) is 5.32 Å². The first-order chi connectivity index (χ1) is 1.73. The van der Waals surface area contributed by atoms with Gasteiger partial charge in [0.05, 0.1) is 0 Å². The second-order valence-electron chi connectivity index (χ2n) is 0.261. The van der Waals surface area contributed by atoms with Crippen LogP contribution in [0, 0.1) is 0 Å². The number of halogens is 2. The molecule has 0 rings (SSSR count). The Morgan fingerprint density at radius 1 is 1.50 bits per heavy atom. The van der Waals surface area contributed by atoms with Gasteiger partial charge in [-0.1, -0.05) is 0 Å². The van der Waals surface area contributed by atoms with E-state index in [-0.39, 0.29) is 0 Å². The van der Waals surface area contributed by atoms with Crippen LogP contribution in [0.5, 0.6) is 0 Å². The van der Waals surface area contributed by atoms with Crippen molar-refractivity contribution in [1.82, 2.24) is 0 Å². The molecule has 0 aliphatic heterocycles. The van der Waals surface area contributed by atoms with E-state index < -0.39 is 5.32 Å². The van der Waals surface area contributed by atoms with Crippen molar-refractivity contribution in [3.8, 4) is 0 Å². The molecule has 0 N–H and O–H groups in total. The summed E-state index contributed by atoms with van der Waals surface area (Å²) < 4.78 is 20.6. The summed E-state index contributed by atoms with van der Waals surface area (Å²) in [7, 11) is 0. The van der Waals surface area contributed by atoms with Crippen LogP contribution in [0.4, 0.5) is 8.78 Å². The Labute approximate surface area is 31.0 Å². The normalized spacial score (nSPS) is 9.00. The molecule has 0 heterocycles. The fourth-order valence-electron chi connectivity index (χ4n) is 0. The standard InChI is InChI=1S/CHF2Se/c2-1(3)4/h1H. The van der Waals surface area contributed by atoms with Gasteiger partial charge in [0.25, 0.3) is 0 Å². The van der Waals surface area contributed by atoms with Gasteiger partial charge in [-0.25, -0.2) is 0 Å². The number of alkyl halides is 2. The molecule has 0 aromatic carbocycles. The first-order valence-electron chi connectivity index (χ1n) is 0.672. The van der Waals surface area contributed by atoms with Gasteiger partial charge in [-0.3, -0.25) is 0 Å². The Bertz CT molecular complexity index is 10.8. The summed E-state index contributed by atoms with van der Waals surface area (Å²) in [5.41, 5.74) is 0. The van der Waals surface area contributed by atoms with Gasteiger partial charge in [0.2, 0.25) is 0 Å². The maximum atomic E-state index is 10.3. The Morgan fingerprint density at radius 3 is 1.50 bits per heavy atom. The average molecular weight is 130 g/mol. The van der Waals surface area contributed by atoms with Crippen molar-refractivity contribution < 1.29 is 8.78 Å². The average Bonchev–Trinajstić information content (AvgIpc) is 0.811. The van der Waals surface area contributed by atoms with E-state index in [9.17, 15) is 8.78 Å². The molecule has 0 aliphatic rings. The molecule has 0 spiro atoms. The van der Waals surface area contributed by atoms with E-state index in [4.69, 9.17) is 0 Å². The molecule has 25 valence electrons. The molecule has 0 bridgehead atoms. The van der Waals surface area contributed by atoms with Gasteiger partial charge >= 0.3 is 30.1 Å². The van der Waals surface area contributed by atoms with Crippen LogP contribution in [-0.2, 0) is 0 Å². The Hall–Kier alpha value is 0.379. The molecular formula is CHF2Se. The molecule has 0 saturated carbocycles. The molecule has 0 aliphatic carbocycles. The molecule has 0 aromatic heterocycles. The van der Waals surface area contributed by atoms with Crippen molar-refractivity contribution in [3.63, 3.8) is 0 Å². The first kappa shape index (κ1) is 4.38. The molecule has 3 heteroatoms. The quantitative estimate of drug-likeness (QED) is 0.416. The second kappa shape index (κ2) is 1.68. The molecule has 0 saturated heterocycles. The zero-order valence-electron chi connectivity index (χ0n) is 1.74. The topological polar surface area (TPSA) is 0 Å². The third-order valence-electron chi connectivity index (χ3n) is 0. The number of rotatable bonds is 0. The van der Waals surface area contributed by atoms with Crippen LogP contribution >= 0.6 is 0 Å². The molecule has 0 amide bonds. The summed E-state index contributed by atoms with van der Waals surface area (Å²) in [6.45, 7) is 0. The van der Waals surface area contributed by atoms with E-state index in [1.807, 2.05) is 0 Å². The van der Waals surface area contributed by atoms with E-state index in [1.54, 1.807) is 16.0 Å². The van der Waals surface area contributed by atoms with E-state index in [0.29, 0.717) is 0 Å². The minimum atomic E-state index is -2.29. The van der Waals surface area contributed by atoms with Crippen molar-refractivity contribution in [2.24, 2.45) is 0 Å². The minimum absolute atomic E-state index is 1.57. The van der Waals surface area contributed by atoms with Crippen LogP contribution in [-0.4, -0.2) is 21.3 Å². The van der Waals surface area contributed by atoms with E-state index >= 15 is 0 Å². The van der Waals surface area contributed by atoms with Crippen molar-refractivity contribution in [1.29, 1.82) is 0 Å². The Morgan fingerprint density at radius 2 is 1.50 bits per heavy atom. The molecule has 0 atom stereocenters. The molecular weight excluding hydrogens is 129 g/mol. The van der Waals surface area contributed by atoms with Crippen LogP contribution in [0.2, 0.25) is 0 Å². The van der Waals surface area contributed by atoms with Gasteiger partial charge in [-0.05, 0) is 0 Å². The van der Waals surface area contributed by atoms with E-state index in [2.05, 4.69) is 0 Å². The number of hydrogen-bond acceptors (Lipinski definition) is 0. The van der Waals surface area contributed by atoms with Crippen molar-refractivity contribution >= 4 is 16.0 Å². The monoisotopic (exact) mass is 131 g/mol. The van der Waals surface area contributed by atoms with Crippen LogP contribution < -0.4 is 0 Å². The molecule has 0 fully saturated rings. The summed E-state index contributed by atoms with van der Waals surface area (Å²) in [5.74, 6) is 0. The van der Waals surface area contributed by atoms with Crippen molar-refractivity contribution in [2.75, 3.05) is 0 Å². The molecule has 0 nitrogen and oxygen atoms in total. The Balaban J connectivity index is 2.32. The van der Waals surface area contributed by atoms with E-state index in [1.165, 1.54) is 0 Å². The Kier molecular flexibility index (Phi) is 1.83. The van der Waals surface area contributed by atoms with Gasteiger partial charge < -0.3 is 0 Å². The van der Waals surface area contributed by atoms with Gasteiger partial charge in [-0.2, -0.15) is 0 Å². The summed E-state index contributed by atoms with van der Waals surface area (Å²) >= 11 is 1.57. The fourth-order valence-corrected chi connectivity index (χ4v) is 0. The fraction of sp³-hybridized carbons (Fsp3) is 1.00. The number of hydrogen-bond donors (Lipinski definition) is 0. The maximum absolute atomic E-state index is 10.3. The summed E-state index contributed by atoms with van der Waals surface area (Å²) in [6.07, 6.45) is 0. The van der Waals surface area contributed by atoms with Gasteiger partial charge in [0.1, 0.15) is 0 Å². The summed E-state index contributed by atoms with van der Waals surface area (Å²) in [5, 5.41) is -2.29. The SMILES string of the molecule is FC(F)[Se]. The van der Waals surface area contributed by atoms with Crippen LogP contribution in [0.1, 0.15) is 0 Å². The zero-order chi connectivity index (χ0) is 3.58. The van der Waals surface area contributed by atoms with Gasteiger partial charge in [0, 0.05) is 0 Å². The van der Waals surface area contributed by atoms with Gasteiger partial charge in [-0.15, -0.1) is 0 Å². The zero-order valence-corrected chi connectivity index (χ0v) is 3.45. The molecule has 0 unspecified atom stereocenters. The van der Waals surface area contributed by atoms with Gasteiger partial charge in [0.15, 0.2) is 0 Å².